The van der Waals surface area contributed by atoms with Crippen LogP contribution in [-0.2, 0) is 0 Å². The van der Waals surface area contributed by atoms with Crippen LogP contribution in [0, 0.1) is 5.82 Å². The standard InChI is InChI=1S/C27H35FN6O3/c1-2-29-26(36)30-20-11-12-24(21(19-20)25(35)33-13-6-3-7-14-33)32-15-8-16-34(18-17-32)27(37)31-23-10-5-4-9-22(23)28/h4-5,9-12,19H,2-3,6-8,13-18H2,1H3,(H,31,37)(H2,29,30,36). The summed E-state index contributed by atoms with van der Waals surface area (Å²) in [4.78, 5) is 44.2. The molecule has 2 aromatic rings. The molecule has 2 aliphatic heterocycles. The zero-order valence-corrected chi connectivity index (χ0v) is 21.3. The summed E-state index contributed by atoms with van der Waals surface area (Å²) >= 11 is 0. The molecule has 2 saturated heterocycles. The molecule has 5 amide bonds. The molecular weight excluding hydrogens is 475 g/mol. The van der Waals surface area contributed by atoms with Crippen molar-refractivity contribution < 1.29 is 18.8 Å². The minimum atomic E-state index is -0.477. The van der Waals surface area contributed by atoms with Crippen molar-refractivity contribution in [1.29, 1.82) is 0 Å². The molecule has 0 saturated carbocycles. The number of hydrogen-bond acceptors (Lipinski definition) is 4. The Balaban J connectivity index is 1.51. The van der Waals surface area contributed by atoms with Gasteiger partial charge in [-0.1, -0.05) is 12.1 Å². The number of piperidine rings is 1. The first kappa shape index (κ1) is 26.2. The third kappa shape index (κ3) is 6.69. The average Bonchev–Trinajstić information content (AvgIpc) is 3.17. The number of nitrogens with one attached hydrogen (secondary N) is 3. The molecule has 2 fully saturated rings. The molecule has 2 aliphatic rings. The number of amides is 5. The highest BCUT2D eigenvalue weighted by Gasteiger charge is 2.26. The molecule has 2 aromatic carbocycles. The van der Waals surface area contributed by atoms with Crippen molar-refractivity contribution in [3.8, 4) is 0 Å². The number of para-hydroxylation sites is 1. The van der Waals surface area contributed by atoms with Gasteiger partial charge in [0.25, 0.3) is 5.91 Å². The summed E-state index contributed by atoms with van der Waals surface area (Å²) in [6, 6.07) is 10.8. The van der Waals surface area contributed by atoms with Crippen LogP contribution >= 0.6 is 0 Å². The molecule has 9 nitrogen and oxygen atoms in total. The molecule has 0 spiro atoms. The Morgan fingerprint density at radius 1 is 0.838 bits per heavy atom. The van der Waals surface area contributed by atoms with Crippen LogP contribution in [-0.4, -0.2) is 73.6 Å². The lowest BCUT2D eigenvalue weighted by Gasteiger charge is -2.30. The van der Waals surface area contributed by atoms with Gasteiger partial charge >= 0.3 is 12.1 Å². The van der Waals surface area contributed by atoms with Crippen molar-refractivity contribution in [3.05, 3.63) is 53.8 Å². The van der Waals surface area contributed by atoms with Gasteiger partial charge in [-0.15, -0.1) is 0 Å². The summed E-state index contributed by atoms with van der Waals surface area (Å²) in [6.45, 7) is 5.90. The minimum absolute atomic E-state index is 0.0485. The normalized spacial score (nSPS) is 16.1. The van der Waals surface area contributed by atoms with Gasteiger partial charge in [0.2, 0.25) is 0 Å². The van der Waals surface area contributed by atoms with Gasteiger partial charge in [-0.05, 0) is 62.9 Å². The van der Waals surface area contributed by atoms with E-state index in [-0.39, 0.29) is 23.7 Å². The Morgan fingerprint density at radius 2 is 1.59 bits per heavy atom. The first-order valence-corrected chi connectivity index (χ1v) is 13.0. The predicted molar refractivity (Wildman–Crippen MR) is 143 cm³/mol. The largest absolute Gasteiger partial charge is 0.369 e. The van der Waals surface area contributed by atoms with E-state index in [4.69, 9.17) is 0 Å². The lowest BCUT2D eigenvalue weighted by Crippen LogP contribution is -2.39. The van der Waals surface area contributed by atoms with Crippen LogP contribution < -0.4 is 20.9 Å². The van der Waals surface area contributed by atoms with Gasteiger partial charge in [-0.25, -0.2) is 14.0 Å². The van der Waals surface area contributed by atoms with Crippen molar-refractivity contribution in [2.45, 2.75) is 32.6 Å². The van der Waals surface area contributed by atoms with Crippen LogP contribution in [0.25, 0.3) is 0 Å². The summed E-state index contributed by atoms with van der Waals surface area (Å²) in [5, 5.41) is 8.17. The molecule has 0 bridgehead atoms. The number of hydrogen-bond donors (Lipinski definition) is 3. The maximum Gasteiger partial charge on any atom is 0.321 e. The van der Waals surface area contributed by atoms with E-state index in [1.165, 1.54) is 12.1 Å². The SMILES string of the molecule is CCNC(=O)Nc1ccc(N2CCCN(C(=O)Nc3ccccc3F)CC2)c(C(=O)N2CCCCC2)c1. The maximum absolute atomic E-state index is 14.0. The number of anilines is 3. The number of nitrogens with zero attached hydrogens (tertiary/aromatic N) is 3. The third-order valence-corrected chi connectivity index (χ3v) is 6.70. The number of carbonyl (C=O) groups is 3. The Morgan fingerprint density at radius 3 is 2.35 bits per heavy atom. The van der Waals surface area contributed by atoms with Gasteiger partial charge in [0, 0.05) is 57.2 Å². The Hall–Kier alpha value is -3.82. The number of rotatable bonds is 5. The molecule has 3 N–H and O–H groups in total. The third-order valence-electron chi connectivity index (χ3n) is 6.70. The van der Waals surface area contributed by atoms with Gasteiger partial charge in [0.15, 0.2) is 0 Å². The zero-order valence-electron chi connectivity index (χ0n) is 21.3. The van der Waals surface area contributed by atoms with Crippen molar-refractivity contribution >= 4 is 35.0 Å². The van der Waals surface area contributed by atoms with E-state index in [9.17, 15) is 18.8 Å². The Labute approximate surface area is 217 Å². The summed E-state index contributed by atoms with van der Waals surface area (Å²) < 4.78 is 14.0. The number of halogens is 1. The van der Waals surface area contributed by atoms with Crippen molar-refractivity contribution in [2.75, 3.05) is 61.3 Å². The van der Waals surface area contributed by atoms with Crippen LogP contribution in [0.5, 0.6) is 0 Å². The van der Waals surface area contributed by atoms with Gasteiger partial charge in [0.05, 0.1) is 11.3 Å². The highest BCUT2D eigenvalue weighted by Crippen LogP contribution is 2.28. The number of carbonyl (C=O) groups excluding carboxylic acids is 3. The smallest absolute Gasteiger partial charge is 0.321 e. The molecule has 2 heterocycles. The van der Waals surface area contributed by atoms with E-state index >= 15 is 0 Å². The lowest BCUT2D eigenvalue weighted by molar-refractivity contribution is 0.0725. The van der Waals surface area contributed by atoms with Gasteiger partial charge in [0.1, 0.15) is 5.82 Å². The molecule has 0 radical (unpaired) electrons. The van der Waals surface area contributed by atoms with E-state index in [0.29, 0.717) is 50.4 Å². The molecule has 0 aromatic heterocycles. The Kier molecular flexibility index (Phi) is 8.81. The molecular formula is C27H35FN6O3. The monoisotopic (exact) mass is 510 g/mol. The fourth-order valence-corrected chi connectivity index (χ4v) is 4.78. The van der Waals surface area contributed by atoms with Crippen LogP contribution in [0.15, 0.2) is 42.5 Å². The molecule has 198 valence electrons. The summed E-state index contributed by atoms with van der Waals surface area (Å²) in [5.74, 6) is -0.526. The van der Waals surface area contributed by atoms with Gasteiger partial charge in [-0.2, -0.15) is 0 Å². The molecule has 0 aliphatic carbocycles. The van der Waals surface area contributed by atoms with Crippen LogP contribution in [0.4, 0.5) is 31.0 Å². The fraction of sp³-hybridized carbons (Fsp3) is 0.444. The summed E-state index contributed by atoms with van der Waals surface area (Å²) in [6.07, 6.45) is 3.77. The molecule has 0 atom stereocenters. The van der Waals surface area contributed by atoms with Gasteiger partial charge in [-0.3, -0.25) is 4.79 Å². The minimum Gasteiger partial charge on any atom is -0.369 e. The van der Waals surface area contributed by atoms with Gasteiger partial charge < -0.3 is 30.7 Å². The Bertz CT molecular complexity index is 1120. The average molecular weight is 511 g/mol. The van der Waals surface area contributed by atoms with E-state index in [1.54, 1.807) is 29.2 Å². The van der Waals surface area contributed by atoms with Crippen LogP contribution in [0.2, 0.25) is 0 Å². The maximum atomic E-state index is 14.0. The quantitative estimate of drug-likeness (QED) is 0.558. The second-order valence-electron chi connectivity index (χ2n) is 9.31. The van der Waals surface area contributed by atoms with Crippen LogP contribution in [0.3, 0.4) is 0 Å². The lowest BCUT2D eigenvalue weighted by atomic mass is 10.1. The number of urea groups is 2. The van der Waals surface area contributed by atoms with Crippen molar-refractivity contribution in [3.63, 3.8) is 0 Å². The van der Waals surface area contributed by atoms with E-state index in [0.717, 1.165) is 38.0 Å². The molecule has 37 heavy (non-hydrogen) atoms. The molecule has 0 unspecified atom stereocenters. The second kappa shape index (κ2) is 12.4. The topological polar surface area (TPSA) is 97.0 Å². The number of benzene rings is 2. The zero-order chi connectivity index (χ0) is 26.2. The first-order chi connectivity index (χ1) is 18.0. The van der Waals surface area contributed by atoms with E-state index < -0.39 is 5.82 Å². The van der Waals surface area contributed by atoms with Crippen molar-refractivity contribution in [1.82, 2.24) is 15.1 Å². The fourth-order valence-electron chi connectivity index (χ4n) is 4.78. The number of likely N-dealkylation sites (tertiary alicyclic amines) is 1. The van der Waals surface area contributed by atoms with E-state index in [2.05, 4.69) is 20.9 Å². The van der Waals surface area contributed by atoms with Crippen LogP contribution in [0.1, 0.15) is 43.0 Å². The van der Waals surface area contributed by atoms with E-state index in [1.807, 2.05) is 17.9 Å². The molecule has 4 rings (SSSR count). The van der Waals surface area contributed by atoms with Crippen molar-refractivity contribution in [2.24, 2.45) is 0 Å². The first-order valence-electron chi connectivity index (χ1n) is 13.0. The second-order valence-corrected chi connectivity index (χ2v) is 9.31. The molecule has 10 heteroatoms. The highest BCUT2D eigenvalue weighted by atomic mass is 19.1. The summed E-state index contributed by atoms with van der Waals surface area (Å²) in [5.41, 5.74) is 2.03. The predicted octanol–water partition coefficient (Wildman–Crippen LogP) is 4.34. The highest BCUT2D eigenvalue weighted by molar-refractivity contribution is 6.02. The summed E-state index contributed by atoms with van der Waals surface area (Å²) in [7, 11) is 0.